The molecule has 0 spiro atoms. The molecule has 2 aromatic rings. The van der Waals surface area contributed by atoms with Crippen LogP contribution in [0.2, 0.25) is 0 Å². The van der Waals surface area contributed by atoms with E-state index in [1.807, 2.05) is 18.2 Å². The number of hydrogen-bond donors (Lipinski definition) is 2. The number of amides is 1. The van der Waals surface area contributed by atoms with Crippen molar-refractivity contribution in [2.75, 3.05) is 5.32 Å². The number of nitrogens with one attached hydrogen (secondary N) is 2. The lowest BCUT2D eigenvalue weighted by atomic mass is 10.2. The van der Waals surface area contributed by atoms with E-state index in [-0.39, 0.29) is 5.91 Å². The number of rotatable bonds is 2. The molecule has 0 aliphatic heterocycles. The number of anilines is 1. The average Bonchev–Trinajstić information content (AvgIpc) is 2.32. The van der Waals surface area contributed by atoms with Crippen LogP contribution in [0.5, 0.6) is 0 Å². The van der Waals surface area contributed by atoms with Gasteiger partial charge in [-0.2, -0.15) is 0 Å². The lowest BCUT2D eigenvalue weighted by Crippen LogP contribution is -2.12. The summed E-state index contributed by atoms with van der Waals surface area (Å²) in [6.07, 6.45) is 1.66. The number of hydrogen-bond acceptors (Lipinski definition) is 2. The summed E-state index contributed by atoms with van der Waals surface area (Å²) in [6.45, 7) is 0. The Bertz CT molecular complexity index is 589. The molecule has 0 bridgehead atoms. The fraction of sp³-hybridized carbons (Fsp3) is 0. The highest BCUT2D eigenvalue weighted by Crippen LogP contribution is 2.17. The summed E-state index contributed by atoms with van der Waals surface area (Å²) in [5.41, 5.74) is 1.27. The molecule has 5 heteroatoms. The van der Waals surface area contributed by atoms with Crippen LogP contribution in [0.4, 0.5) is 5.69 Å². The van der Waals surface area contributed by atoms with Gasteiger partial charge in [0.05, 0.1) is 11.3 Å². The maximum absolute atomic E-state index is 11.9. The van der Waals surface area contributed by atoms with Gasteiger partial charge in [0.25, 0.3) is 5.91 Å². The second-order valence-corrected chi connectivity index (χ2v) is 4.67. The van der Waals surface area contributed by atoms with Crippen molar-refractivity contribution in [2.24, 2.45) is 0 Å². The van der Waals surface area contributed by atoms with Gasteiger partial charge in [0, 0.05) is 10.7 Å². The molecule has 0 saturated heterocycles. The molecular formula is C12H9BrN2OS. The van der Waals surface area contributed by atoms with Crippen molar-refractivity contribution in [2.45, 2.75) is 0 Å². The van der Waals surface area contributed by atoms with E-state index in [2.05, 4.69) is 26.2 Å². The first-order chi connectivity index (χ1) is 8.16. The van der Waals surface area contributed by atoms with Gasteiger partial charge in [0.15, 0.2) is 0 Å². The van der Waals surface area contributed by atoms with Gasteiger partial charge in [-0.1, -0.05) is 24.4 Å². The predicted molar refractivity (Wildman–Crippen MR) is 73.7 cm³/mol. The van der Waals surface area contributed by atoms with Gasteiger partial charge >= 0.3 is 0 Å². The van der Waals surface area contributed by atoms with Crippen LogP contribution >= 0.6 is 28.1 Å². The fourth-order valence-corrected chi connectivity index (χ4v) is 1.92. The zero-order valence-electron chi connectivity index (χ0n) is 8.74. The Labute approximate surface area is 112 Å². The molecule has 0 saturated carbocycles. The molecule has 2 rings (SSSR count). The number of pyridine rings is 1. The smallest absolute Gasteiger partial charge is 0.256 e. The van der Waals surface area contributed by atoms with Crippen LogP contribution in [0.15, 0.2) is 47.1 Å². The Hall–Kier alpha value is -1.46. The normalized spacial score (nSPS) is 9.94. The zero-order valence-corrected chi connectivity index (χ0v) is 11.1. The molecule has 0 fully saturated rings. The molecule has 1 aromatic carbocycles. The highest BCUT2D eigenvalue weighted by molar-refractivity contribution is 9.10. The standard InChI is InChI=1S/C12H9BrN2OS/c13-10-4-2-1-3-9(10)12(16)15-8-5-6-11(17)14-7-8/h1-7H,(H,14,17)(H,15,16). The molecule has 1 amide bonds. The molecular weight excluding hydrogens is 300 g/mol. The Morgan fingerprint density at radius 1 is 1.24 bits per heavy atom. The van der Waals surface area contributed by atoms with Crippen LogP contribution < -0.4 is 5.32 Å². The van der Waals surface area contributed by atoms with Crippen molar-refractivity contribution >= 4 is 39.7 Å². The number of aromatic nitrogens is 1. The molecule has 2 N–H and O–H groups in total. The van der Waals surface area contributed by atoms with E-state index in [1.165, 1.54) is 0 Å². The number of carbonyl (C=O) groups is 1. The van der Waals surface area contributed by atoms with Crippen molar-refractivity contribution < 1.29 is 4.79 Å². The predicted octanol–water partition coefficient (Wildman–Crippen LogP) is 3.76. The van der Waals surface area contributed by atoms with Crippen LogP contribution in [0.3, 0.4) is 0 Å². The third kappa shape index (κ3) is 3.01. The average molecular weight is 309 g/mol. The topological polar surface area (TPSA) is 44.9 Å². The largest absolute Gasteiger partial charge is 0.351 e. The van der Waals surface area contributed by atoms with Gasteiger partial charge in [-0.15, -0.1) is 0 Å². The quantitative estimate of drug-likeness (QED) is 0.830. The number of halogens is 1. The fourth-order valence-electron chi connectivity index (χ4n) is 1.33. The van der Waals surface area contributed by atoms with Crippen LogP contribution in [-0.2, 0) is 0 Å². The van der Waals surface area contributed by atoms with Crippen molar-refractivity contribution in [1.82, 2.24) is 4.98 Å². The lowest BCUT2D eigenvalue weighted by molar-refractivity contribution is 0.102. The molecule has 0 unspecified atom stereocenters. The first-order valence-electron chi connectivity index (χ1n) is 4.91. The highest BCUT2D eigenvalue weighted by atomic mass is 79.9. The zero-order chi connectivity index (χ0) is 12.3. The van der Waals surface area contributed by atoms with E-state index < -0.39 is 0 Å². The third-order valence-electron chi connectivity index (χ3n) is 2.16. The summed E-state index contributed by atoms with van der Waals surface area (Å²) in [4.78, 5) is 14.8. The van der Waals surface area contributed by atoms with E-state index in [9.17, 15) is 4.79 Å². The number of H-pyrrole nitrogens is 1. The van der Waals surface area contributed by atoms with Crippen LogP contribution in [0.1, 0.15) is 10.4 Å². The number of benzene rings is 1. The summed E-state index contributed by atoms with van der Waals surface area (Å²) >= 11 is 8.26. The van der Waals surface area contributed by atoms with Crippen molar-refractivity contribution in [1.29, 1.82) is 0 Å². The maximum atomic E-state index is 11.9. The Balaban J connectivity index is 2.20. The van der Waals surface area contributed by atoms with Crippen molar-refractivity contribution in [3.05, 3.63) is 57.3 Å². The molecule has 17 heavy (non-hydrogen) atoms. The molecule has 0 aliphatic carbocycles. The minimum Gasteiger partial charge on any atom is -0.351 e. The van der Waals surface area contributed by atoms with Crippen molar-refractivity contribution in [3.63, 3.8) is 0 Å². The molecule has 86 valence electrons. The first-order valence-corrected chi connectivity index (χ1v) is 6.11. The summed E-state index contributed by atoms with van der Waals surface area (Å²) in [7, 11) is 0. The minimum atomic E-state index is -0.164. The monoisotopic (exact) mass is 308 g/mol. The number of carbonyl (C=O) groups excluding carboxylic acids is 1. The Kier molecular flexibility index (Phi) is 3.71. The maximum Gasteiger partial charge on any atom is 0.256 e. The summed E-state index contributed by atoms with van der Waals surface area (Å²) in [5, 5.41) is 2.78. The first kappa shape index (κ1) is 12.0. The van der Waals surface area contributed by atoms with E-state index >= 15 is 0 Å². The second kappa shape index (κ2) is 5.25. The second-order valence-electron chi connectivity index (χ2n) is 3.38. The SMILES string of the molecule is O=C(Nc1ccc(=S)[nH]c1)c1ccccc1Br. The van der Waals surface area contributed by atoms with Gasteiger partial charge in [0.2, 0.25) is 0 Å². The molecule has 1 aromatic heterocycles. The minimum absolute atomic E-state index is 0.164. The summed E-state index contributed by atoms with van der Waals surface area (Å²) in [5.74, 6) is -0.164. The lowest BCUT2D eigenvalue weighted by Gasteiger charge is -2.06. The highest BCUT2D eigenvalue weighted by Gasteiger charge is 2.08. The van der Waals surface area contributed by atoms with E-state index in [1.54, 1.807) is 24.4 Å². The molecule has 1 heterocycles. The van der Waals surface area contributed by atoms with Crippen molar-refractivity contribution in [3.8, 4) is 0 Å². The van der Waals surface area contributed by atoms with Gasteiger partial charge in [-0.3, -0.25) is 4.79 Å². The van der Waals surface area contributed by atoms with Crippen LogP contribution in [0.25, 0.3) is 0 Å². The van der Waals surface area contributed by atoms with Gasteiger partial charge in [-0.05, 0) is 40.2 Å². The molecule has 0 atom stereocenters. The molecule has 3 nitrogen and oxygen atoms in total. The number of aromatic amines is 1. The Morgan fingerprint density at radius 3 is 2.65 bits per heavy atom. The van der Waals surface area contributed by atoms with Crippen LogP contribution in [-0.4, -0.2) is 10.9 Å². The van der Waals surface area contributed by atoms with E-state index in [4.69, 9.17) is 12.2 Å². The van der Waals surface area contributed by atoms with Crippen LogP contribution in [0, 0.1) is 4.64 Å². The third-order valence-corrected chi connectivity index (χ3v) is 3.11. The Morgan fingerprint density at radius 2 is 2.00 bits per heavy atom. The van der Waals surface area contributed by atoms with E-state index in [0.29, 0.717) is 15.9 Å². The molecule has 0 radical (unpaired) electrons. The summed E-state index contributed by atoms with van der Waals surface area (Å²) in [6, 6.07) is 10.7. The van der Waals surface area contributed by atoms with Gasteiger partial charge < -0.3 is 10.3 Å². The van der Waals surface area contributed by atoms with Gasteiger partial charge in [-0.25, -0.2) is 0 Å². The molecule has 0 aliphatic rings. The van der Waals surface area contributed by atoms with E-state index in [0.717, 1.165) is 4.47 Å². The summed E-state index contributed by atoms with van der Waals surface area (Å²) < 4.78 is 1.39. The van der Waals surface area contributed by atoms with Gasteiger partial charge in [0.1, 0.15) is 4.64 Å².